The third kappa shape index (κ3) is 4.50. The standard InChI is InChI=1S/C19H25NO2/c1-3-6-15(4-2)10-11-20-14-17-9-8-16(13-18(17)21)19-7-5-12-22-19/h3,5,7-9,12-13,15,20-21H,1,4,6,10-11,14H2,2H3. The van der Waals surface area contributed by atoms with Crippen LogP contribution in [-0.2, 0) is 6.54 Å². The van der Waals surface area contributed by atoms with E-state index in [9.17, 15) is 5.11 Å². The molecule has 118 valence electrons. The van der Waals surface area contributed by atoms with Crippen LogP contribution < -0.4 is 5.32 Å². The molecular formula is C19H25NO2. The van der Waals surface area contributed by atoms with Crippen molar-refractivity contribution in [2.24, 2.45) is 5.92 Å². The first-order valence-electron chi connectivity index (χ1n) is 7.92. The van der Waals surface area contributed by atoms with Gasteiger partial charge in [0.25, 0.3) is 0 Å². The quantitative estimate of drug-likeness (QED) is 0.519. The van der Waals surface area contributed by atoms with Crippen LogP contribution in [0.5, 0.6) is 5.75 Å². The summed E-state index contributed by atoms with van der Waals surface area (Å²) in [4.78, 5) is 0. The van der Waals surface area contributed by atoms with Crippen LogP contribution in [0, 0.1) is 5.92 Å². The van der Waals surface area contributed by atoms with Gasteiger partial charge in [-0.1, -0.05) is 31.6 Å². The van der Waals surface area contributed by atoms with Gasteiger partial charge in [0.15, 0.2) is 0 Å². The van der Waals surface area contributed by atoms with E-state index in [1.807, 2.05) is 30.3 Å². The molecule has 0 amide bonds. The van der Waals surface area contributed by atoms with Crippen molar-refractivity contribution in [3.05, 3.63) is 54.8 Å². The molecule has 0 bridgehead atoms. The smallest absolute Gasteiger partial charge is 0.133 e. The molecule has 2 N–H and O–H groups in total. The van der Waals surface area contributed by atoms with Crippen molar-refractivity contribution in [3.8, 4) is 17.1 Å². The number of aromatic hydroxyl groups is 1. The number of rotatable bonds is 9. The van der Waals surface area contributed by atoms with Crippen LogP contribution >= 0.6 is 0 Å². The minimum Gasteiger partial charge on any atom is -0.508 e. The Morgan fingerprint density at radius 3 is 2.86 bits per heavy atom. The molecule has 0 fully saturated rings. The Morgan fingerprint density at radius 2 is 2.23 bits per heavy atom. The van der Waals surface area contributed by atoms with Gasteiger partial charge in [-0.05, 0) is 43.5 Å². The summed E-state index contributed by atoms with van der Waals surface area (Å²) < 4.78 is 5.34. The third-order valence-electron chi connectivity index (χ3n) is 4.01. The van der Waals surface area contributed by atoms with Gasteiger partial charge in [-0.2, -0.15) is 0 Å². The summed E-state index contributed by atoms with van der Waals surface area (Å²) in [6, 6.07) is 9.40. The summed E-state index contributed by atoms with van der Waals surface area (Å²) in [6.07, 6.45) is 7.01. The van der Waals surface area contributed by atoms with E-state index in [4.69, 9.17) is 4.42 Å². The average Bonchev–Trinajstić information content (AvgIpc) is 3.06. The summed E-state index contributed by atoms with van der Waals surface area (Å²) in [5, 5.41) is 13.5. The topological polar surface area (TPSA) is 45.4 Å². The lowest BCUT2D eigenvalue weighted by molar-refractivity contribution is 0.445. The fourth-order valence-electron chi connectivity index (χ4n) is 2.56. The van der Waals surface area contributed by atoms with Crippen molar-refractivity contribution in [3.63, 3.8) is 0 Å². The van der Waals surface area contributed by atoms with E-state index in [0.29, 0.717) is 18.2 Å². The molecule has 2 aromatic rings. The fraction of sp³-hybridized carbons (Fsp3) is 0.368. The molecule has 1 aromatic heterocycles. The minimum atomic E-state index is 0.305. The van der Waals surface area contributed by atoms with Gasteiger partial charge in [0.05, 0.1) is 6.26 Å². The Labute approximate surface area is 132 Å². The second kappa shape index (κ2) is 8.44. The minimum absolute atomic E-state index is 0.305. The molecule has 1 unspecified atom stereocenters. The Balaban J connectivity index is 1.84. The van der Waals surface area contributed by atoms with E-state index in [-0.39, 0.29) is 0 Å². The van der Waals surface area contributed by atoms with Crippen LogP contribution in [0.15, 0.2) is 53.7 Å². The predicted molar refractivity (Wildman–Crippen MR) is 90.7 cm³/mol. The fourth-order valence-corrected chi connectivity index (χ4v) is 2.56. The number of allylic oxidation sites excluding steroid dienone is 1. The summed E-state index contributed by atoms with van der Waals surface area (Å²) >= 11 is 0. The Bertz CT molecular complexity index is 575. The number of nitrogens with one attached hydrogen (secondary N) is 1. The van der Waals surface area contributed by atoms with Crippen molar-refractivity contribution in [1.82, 2.24) is 5.32 Å². The predicted octanol–water partition coefficient (Wildman–Crippen LogP) is 4.73. The van der Waals surface area contributed by atoms with Crippen molar-refractivity contribution < 1.29 is 9.52 Å². The Hall–Kier alpha value is -2.00. The SMILES string of the molecule is C=CCC(CC)CCNCc1ccc(-c2ccco2)cc1O. The first kappa shape index (κ1) is 16.4. The van der Waals surface area contributed by atoms with Crippen molar-refractivity contribution >= 4 is 0 Å². The second-order valence-corrected chi connectivity index (χ2v) is 5.58. The zero-order valence-electron chi connectivity index (χ0n) is 13.2. The van der Waals surface area contributed by atoms with Crippen molar-refractivity contribution in [1.29, 1.82) is 0 Å². The average molecular weight is 299 g/mol. The summed E-state index contributed by atoms with van der Waals surface area (Å²) in [7, 11) is 0. The third-order valence-corrected chi connectivity index (χ3v) is 4.01. The molecule has 3 nitrogen and oxygen atoms in total. The molecular weight excluding hydrogens is 274 g/mol. The molecule has 1 atom stereocenters. The lowest BCUT2D eigenvalue weighted by Crippen LogP contribution is -2.17. The number of phenolic OH excluding ortho intramolecular Hbond substituents is 1. The van der Waals surface area contributed by atoms with Gasteiger partial charge in [0, 0.05) is 17.7 Å². The molecule has 0 radical (unpaired) electrons. The van der Waals surface area contributed by atoms with E-state index >= 15 is 0 Å². The van der Waals surface area contributed by atoms with E-state index in [2.05, 4.69) is 18.8 Å². The first-order valence-corrected chi connectivity index (χ1v) is 7.92. The number of hydrogen-bond donors (Lipinski definition) is 2. The van der Waals surface area contributed by atoms with Crippen molar-refractivity contribution in [2.75, 3.05) is 6.54 Å². The van der Waals surface area contributed by atoms with Crippen LogP contribution in [0.3, 0.4) is 0 Å². The molecule has 3 heteroatoms. The lowest BCUT2D eigenvalue weighted by atomic mass is 9.98. The Kier molecular flexibility index (Phi) is 6.28. The summed E-state index contributed by atoms with van der Waals surface area (Å²) in [6.45, 7) is 7.65. The van der Waals surface area contributed by atoms with Gasteiger partial charge < -0.3 is 14.8 Å². The van der Waals surface area contributed by atoms with Gasteiger partial charge in [-0.3, -0.25) is 0 Å². The molecule has 1 aromatic carbocycles. The van der Waals surface area contributed by atoms with Crippen LogP contribution in [-0.4, -0.2) is 11.7 Å². The molecule has 22 heavy (non-hydrogen) atoms. The number of hydrogen-bond acceptors (Lipinski definition) is 3. The second-order valence-electron chi connectivity index (χ2n) is 5.58. The van der Waals surface area contributed by atoms with E-state index in [1.165, 1.54) is 6.42 Å². The summed E-state index contributed by atoms with van der Waals surface area (Å²) in [5.41, 5.74) is 1.80. The van der Waals surface area contributed by atoms with Gasteiger partial charge >= 0.3 is 0 Å². The number of phenols is 1. The van der Waals surface area contributed by atoms with Crippen molar-refractivity contribution in [2.45, 2.75) is 32.7 Å². The van der Waals surface area contributed by atoms with E-state index < -0.39 is 0 Å². The normalized spacial score (nSPS) is 12.2. The molecule has 0 aliphatic rings. The van der Waals surface area contributed by atoms with E-state index in [0.717, 1.165) is 36.3 Å². The van der Waals surface area contributed by atoms with E-state index in [1.54, 1.807) is 12.3 Å². The molecule has 0 aliphatic heterocycles. The Morgan fingerprint density at radius 1 is 1.36 bits per heavy atom. The van der Waals surface area contributed by atoms with Crippen LogP contribution in [0.1, 0.15) is 31.7 Å². The number of furan rings is 1. The summed E-state index contributed by atoms with van der Waals surface area (Å²) in [5.74, 6) is 1.77. The van der Waals surface area contributed by atoms with Gasteiger partial charge in [0.2, 0.25) is 0 Å². The highest BCUT2D eigenvalue weighted by Crippen LogP contribution is 2.26. The van der Waals surface area contributed by atoms with Gasteiger partial charge in [-0.15, -0.1) is 6.58 Å². The zero-order chi connectivity index (χ0) is 15.8. The molecule has 0 aliphatic carbocycles. The largest absolute Gasteiger partial charge is 0.508 e. The first-order chi connectivity index (χ1) is 10.7. The number of benzene rings is 1. The highest BCUT2D eigenvalue weighted by molar-refractivity contribution is 5.60. The van der Waals surface area contributed by atoms with Gasteiger partial charge in [-0.25, -0.2) is 0 Å². The molecule has 0 saturated carbocycles. The van der Waals surface area contributed by atoms with Gasteiger partial charge in [0.1, 0.15) is 11.5 Å². The molecule has 0 saturated heterocycles. The maximum Gasteiger partial charge on any atom is 0.133 e. The highest BCUT2D eigenvalue weighted by Gasteiger charge is 2.07. The zero-order valence-corrected chi connectivity index (χ0v) is 13.2. The highest BCUT2D eigenvalue weighted by atomic mass is 16.3. The van der Waals surface area contributed by atoms with Crippen LogP contribution in [0.4, 0.5) is 0 Å². The molecule has 2 rings (SSSR count). The van der Waals surface area contributed by atoms with Crippen LogP contribution in [0.2, 0.25) is 0 Å². The van der Waals surface area contributed by atoms with Crippen LogP contribution in [0.25, 0.3) is 11.3 Å². The maximum absolute atomic E-state index is 10.1. The lowest BCUT2D eigenvalue weighted by Gasteiger charge is -2.13. The maximum atomic E-state index is 10.1. The molecule has 0 spiro atoms. The monoisotopic (exact) mass is 299 g/mol. The molecule has 1 heterocycles.